The summed E-state index contributed by atoms with van der Waals surface area (Å²) >= 11 is 19.7. The molecular weight excluding hydrogens is 575 g/mol. The van der Waals surface area contributed by atoms with Crippen LogP contribution in [0.5, 0.6) is 0 Å². The number of carbonyl (C=O) groups is 3. The number of amides is 2. The Morgan fingerprint density at radius 1 is 0.744 bits per heavy atom. The molecule has 0 aliphatic rings. The maximum atomic E-state index is 13.2. The van der Waals surface area contributed by atoms with Crippen LogP contribution in [0.3, 0.4) is 0 Å². The Kier molecular flexibility index (Phi) is 9.85. The van der Waals surface area contributed by atoms with E-state index in [4.69, 9.17) is 34.8 Å². The van der Waals surface area contributed by atoms with Crippen molar-refractivity contribution in [2.75, 3.05) is 11.1 Å². The maximum Gasteiger partial charge on any atom is 0.272 e. The molecule has 0 unspecified atom stereocenters. The minimum Gasteiger partial charge on any atom is -0.321 e. The van der Waals surface area contributed by atoms with Crippen molar-refractivity contribution in [3.8, 4) is 0 Å². The normalized spacial score (nSPS) is 11.1. The molecule has 2 N–H and O–H groups in total. The van der Waals surface area contributed by atoms with Crippen molar-refractivity contribution in [3.63, 3.8) is 0 Å². The highest BCUT2D eigenvalue weighted by Crippen LogP contribution is 2.27. The Labute approximate surface area is 245 Å². The number of Topliss-reactive ketones (excluding diaryl/α,β-unsaturated/α-hetero) is 1. The first-order valence-corrected chi connectivity index (χ1v) is 13.8. The molecule has 5 nitrogen and oxygen atoms in total. The quantitative estimate of drug-likeness (QED) is 0.117. The number of ketones is 1. The molecule has 4 aromatic rings. The molecule has 0 aliphatic heterocycles. The molecular formula is C30H21Cl3N2O3S. The molecule has 0 saturated heterocycles. The Morgan fingerprint density at radius 3 is 2.13 bits per heavy atom. The third kappa shape index (κ3) is 7.97. The molecule has 0 heterocycles. The molecule has 0 bridgehead atoms. The van der Waals surface area contributed by atoms with Crippen molar-refractivity contribution >= 4 is 75.9 Å². The van der Waals surface area contributed by atoms with E-state index < -0.39 is 11.8 Å². The van der Waals surface area contributed by atoms with Crippen LogP contribution in [0.4, 0.5) is 5.69 Å². The maximum absolute atomic E-state index is 13.2. The molecule has 0 radical (unpaired) electrons. The highest BCUT2D eigenvalue weighted by Gasteiger charge is 2.16. The number of halogens is 3. The molecule has 4 aromatic carbocycles. The third-order valence-electron chi connectivity index (χ3n) is 5.46. The van der Waals surface area contributed by atoms with Crippen LogP contribution in [0.1, 0.15) is 26.3 Å². The van der Waals surface area contributed by atoms with Crippen molar-refractivity contribution in [3.05, 3.63) is 135 Å². The van der Waals surface area contributed by atoms with Gasteiger partial charge in [0.1, 0.15) is 5.70 Å². The lowest BCUT2D eigenvalue weighted by Gasteiger charge is -2.12. The van der Waals surface area contributed by atoms with Gasteiger partial charge in [-0.15, -0.1) is 11.8 Å². The predicted molar refractivity (Wildman–Crippen MR) is 160 cm³/mol. The Morgan fingerprint density at radius 2 is 1.44 bits per heavy atom. The van der Waals surface area contributed by atoms with Crippen LogP contribution in [0.2, 0.25) is 15.1 Å². The van der Waals surface area contributed by atoms with Gasteiger partial charge in [0.05, 0.1) is 15.8 Å². The van der Waals surface area contributed by atoms with Gasteiger partial charge in [0.2, 0.25) is 0 Å². The third-order valence-corrected chi connectivity index (χ3v) is 7.56. The monoisotopic (exact) mass is 594 g/mol. The molecule has 2 amide bonds. The second-order valence-electron chi connectivity index (χ2n) is 8.22. The van der Waals surface area contributed by atoms with Gasteiger partial charge >= 0.3 is 0 Å². The van der Waals surface area contributed by atoms with Gasteiger partial charge in [-0.3, -0.25) is 14.4 Å². The number of benzene rings is 4. The highest BCUT2D eigenvalue weighted by molar-refractivity contribution is 8.00. The average Bonchev–Trinajstić information content (AvgIpc) is 2.95. The van der Waals surface area contributed by atoms with E-state index in [2.05, 4.69) is 10.6 Å². The minimum atomic E-state index is -0.548. The van der Waals surface area contributed by atoms with Crippen LogP contribution in [0.25, 0.3) is 6.08 Å². The molecule has 9 heteroatoms. The summed E-state index contributed by atoms with van der Waals surface area (Å²) in [7, 11) is 0. The number of anilines is 1. The van der Waals surface area contributed by atoms with Crippen LogP contribution >= 0.6 is 46.6 Å². The summed E-state index contributed by atoms with van der Waals surface area (Å²) in [5, 5.41) is 6.61. The smallest absolute Gasteiger partial charge is 0.272 e. The zero-order valence-electron chi connectivity index (χ0n) is 20.3. The van der Waals surface area contributed by atoms with E-state index in [1.807, 2.05) is 0 Å². The van der Waals surface area contributed by atoms with E-state index in [1.54, 1.807) is 97.1 Å². The van der Waals surface area contributed by atoms with Gasteiger partial charge in [0.15, 0.2) is 5.78 Å². The van der Waals surface area contributed by atoms with Crippen molar-refractivity contribution in [1.29, 1.82) is 0 Å². The average molecular weight is 596 g/mol. The molecule has 4 rings (SSSR count). The summed E-state index contributed by atoms with van der Waals surface area (Å²) in [6.45, 7) is 0. The lowest BCUT2D eigenvalue weighted by molar-refractivity contribution is -0.113. The SMILES string of the molecule is O=C(Nc1ccc(SCC(=O)c2ccc(Cl)cc2)cc1)/C(=C/c1cccc(Cl)c1Cl)NC(=O)c1ccccc1. The molecule has 39 heavy (non-hydrogen) atoms. The van der Waals surface area contributed by atoms with E-state index >= 15 is 0 Å². The fraction of sp³-hybridized carbons (Fsp3) is 0.0333. The van der Waals surface area contributed by atoms with Crippen LogP contribution in [-0.4, -0.2) is 23.4 Å². The second-order valence-corrected chi connectivity index (χ2v) is 10.5. The first-order chi connectivity index (χ1) is 18.8. The van der Waals surface area contributed by atoms with Crippen LogP contribution < -0.4 is 10.6 Å². The Balaban J connectivity index is 1.47. The Bertz CT molecular complexity index is 1520. The first-order valence-electron chi connectivity index (χ1n) is 11.7. The molecule has 196 valence electrons. The largest absolute Gasteiger partial charge is 0.321 e. The summed E-state index contributed by atoms with van der Waals surface area (Å²) in [5.41, 5.74) is 1.95. The van der Waals surface area contributed by atoms with Gasteiger partial charge in [-0.05, 0) is 78.4 Å². The van der Waals surface area contributed by atoms with Crippen molar-refractivity contribution < 1.29 is 14.4 Å². The fourth-order valence-corrected chi connectivity index (χ4v) is 4.71. The fourth-order valence-electron chi connectivity index (χ4n) is 3.43. The van der Waals surface area contributed by atoms with E-state index in [9.17, 15) is 14.4 Å². The van der Waals surface area contributed by atoms with Crippen molar-refractivity contribution in [1.82, 2.24) is 5.32 Å². The molecule has 0 aliphatic carbocycles. The minimum absolute atomic E-state index is 0.0139. The summed E-state index contributed by atoms with van der Waals surface area (Å²) in [4.78, 5) is 39.3. The van der Waals surface area contributed by atoms with E-state index in [-0.39, 0.29) is 22.3 Å². The van der Waals surface area contributed by atoms with E-state index in [0.29, 0.717) is 32.4 Å². The summed E-state index contributed by atoms with van der Waals surface area (Å²) in [6, 6.07) is 27.4. The van der Waals surface area contributed by atoms with Crippen molar-refractivity contribution in [2.45, 2.75) is 4.90 Å². The molecule has 0 aromatic heterocycles. The number of carbonyl (C=O) groups excluding carboxylic acids is 3. The zero-order chi connectivity index (χ0) is 27.8. The zero-order valence-corrected chi connectivity index (χ0v) is 23.4. The van der Waals surface area contributed by atoms with Gasteiger partial charge in [0.25, 0.3) is 11.8 Å². The van der Waals surface area contributed by atoms with Gasteiger partial charge in [0, 0.05) is 26.7 Å². The van der Waals surface area contributed by atoms with Crippen molar-refractivity contribution in [2.24, 2.45) is 0 Å². The molecule has 0 spiro atoms. The lowest BCUT2D eigenvalue weighted by Crippen LogP contribution is -2.30. The van der Waals surface area contributed by atoms with Gasteiger partial charge in [-0.25, -0.2) is 0 Å². The number of rotatable bonds is 9. The molecule has 0 atom stereocenters. The van der Waals surface area contributed by atoms with Gasteiger partial charge < -0.3 is 10.6 Å². The number of hydrogen-bond acceptors (Lipinski definition) is 4. The Hall–Kier alpha value is -3.55. The van der Waals surface area contributed by atoms with Gasteiger partial charge in [-0.1, -0.05) is 65.1 Å². The second kappa shape index (κ2) is 13.5. The lowest BCUT2D eigenvalue weighted by atomic mass is 10.1. The highest BCUT2D eigenvalue weighted by atomic mass is 35.5. The summed E-state index contributed by atoms with van der Waals surface area (Å²) < 4.78 is 0. The topological polar surface area (TPSA) is 75.3 Å². The van der Waals surface area contributed by atoms with Crippen LogP contribution in [0, 0.1) is 0 Å². The summed E-state index contributed by atoms with van der Waals surface area (Å²) in [6.07, 6.45) is 1.47. The number of hydrogen-bond donors (Lipinski definition) is 2. The first kappa shape index (κ1) is 28.5. The van der Waals surface area contributed by atoms with Crippen LogP contribution in [0.15, 0.2) is 108 Å². The standard InChI is InChI=1S/C30H21Cl3N2O3S/c31-22-11-9-19(10-12-22)27(36)18-39-24-15-13-23(14-16-24)34-30(38)26(17-21-7-4-8-25(32)28(21)33)35-29(37)20-5-2-1-3-6-20/h1-17H,18H2,(H,34,38)(H,35,37)/b26-17-. The summed E-state index contributed by atoms with van der Waals surface area (Å²) in [5.74, 6) is -0.759. The predicted octanol–water partition coefficient (Wildman–Crippen LogP) is 8.03. The molecule has 0 fully saturated rings. The van der Waals surface area contributed by atoms with E-state index in [1.165, 1.54) is 17.8 Å². The van der Waals surface area contributed by atoms with E-state index in [0.717, 1.165) is 4.90 Å². The van der Waals surface area contributed by atoms with Crippen LogP contribution in [-0.2, 0) is 4.79 Å². The number of nitrogens with one attached hydrogen (secondary N) is 2. The number of thioether (sulfide) groups is 1. The van der Waals surface area contributed by atoms with Gasteiger partial charge in [-0.2, -0.15) is 0 Å². The molecule has 0 saturated carbocycles.